The van der Waals surface area contributed by atoms with Crippen molar-refractivity contribution in [2.75, 3.05) is 19.7 Å². The maximum Gasteiger partial charge on any atom is 0.306 e. The Balaban J connectivity index is 3.32. The van der Waals surface area contributed by atoms with Gasteiger partial charge in [-0.3, -0.25) is 9.59 Å². The van der Waals surface area contributed by atoms with Gasteiger partial charge in [-0.2, -0.15) is 10.2 Å². The Morgan fingerprint density at radius 3 is 2.29 bits per heavy atom. The zero-order chi connectivity index (χ0) is 12.9. The molecule has 6 nitrogen and oxygen atoms in total. The van der Waals surface area contributed by atoms with Crippen molar-refractivity contribution >= 4 is 11.9 Å². The van der Waals surface area contributed by atoms with Gasteiger partial charge in [0.15, 0.2) is 0 Å². The van der Waals surface area contributed by atoms with Gasteiger partial charge in [0.25, 0.3) is 0 Å². The number of carbonyl (C=O) groups excluding carboxylic acids is 1. The van der Waals surface area contributed by atoms with Crippen LogP contribution < -0.4 is 0 Å². The maximum absolute atomic E-state index is 11.0. The third kappa shape index (κ3) is 12.2. The third-order valence-electron chi connectivity index (χ3n) is 1.75. The van der Waals surface area contributed by atoms with Gasteiger partial charge < -0.3 is 9.84 Å². The molecule has 0 radical (unpaired) electrons. The number of carboxylic acid groups (broad SMARTS) is 1. The minimum Gasteiger partial charge on any atom is -0.481 e. The van der Waals surface area contributed by atoms with Crippen molar-refractivity contribution in [2.45, 2.75) is 25.7 Å². The highest BCUT2D eigenvalue weighted by molar-refractivity contribution is 5.69. The van der Waals surface area contributed by atoms with Crippen molar-refractivity contribution in [1.82, 2.24) is 0 Å². The first-order valence-electron chi connectivity index (χ1n) is 5.48. The Morgan fingerprint density at radius 2 is 1.76 bits per heavy atom. The van der Waals surface area contributed by atoms with Crippen molar-refractivity contribution in [3.05, 3.63) is 12.7 Å². The van der Waals surface area contributed by atoms with Crippen LogP contribution in [0.3, 0.4) is 0 Å². The van der Waals surface area contributed by atoms with Crippen LogP contribution in [0.25, 0.3) is 0 Å². The predicted octanol–water partition coefficient (Wildman–Crippen LogP) is 1.81. The monoisotopic (exact) mass is 242 g/mol. The lowest BCUT2D eigenvalue weighted by atomic mass is 10.3. The lowest BCUT2D eigenvalue weighted by molar-refractivity contribution is -0.142. The highest BCUT2D eigenvalue weighted by Gasteiger charge is 2.00. The summed E-state index contributed by atoms with van der Waals surface area (Å²) in [5.74, 6) is -1.10. The Bertz CT molecular complexity index is 277. The fourth-order valence-corrected chi connectivity index (χ4v) is 0.961. The average Bonchev–Trinajstić information content (AvgIpc) is 2.29. The number of esters is 1. The molecule has 0 spiro atoms. The molecule has 0 aliphatic heterocycles. The van der Waals surface area contributed by atoms with E-state index in [0.29, 0.717) is 32.4 Å². The molecular formula is C11H18N2O4. The van der Waals surface area contributed by atoms with Crippen LogP contribution >= 0.6 is 0 Å². The van der Waals surface area contributed by atoms with Gasteiger partial charge in [-0.05, 0) is 12.8 Å². The number of aliphatic carboxylic acids is 1. The standard InChI is InChI=1S/C11H18N2O4/c1-2-9-17-11(16)6-4-8-13-12-7-3-5-10(14)15/h2H,1,3-9H2,(H,14,15). The van der Waals surface area contributed by atoms with E-state index in [0.717, 1.165) is 0 Å². The van der Waals surface area contributed by atoms with Crippen molar-refractivity contribution in [2.24, 2.45) is 10.2 Å². The molecule has 0 heterocycles. The van der Waals surface area contributed by atoms with Gasteiger partial charge in [-0.1, -0.05) is 12.7 Å². The Labute approximate surface area is 100 Å². The number of rotatable bonds is 10. The topological polar surface area (TPSA) is 88.3 Å². The third-order valence-corrected chi connectivity index (χ3v) is 1.75. The number of azo groups is 1. The molecule has 0 saturated heterocycles. The van der Waals surface area contributed by atoms with Gasteiger partial charge in [0.1, 0.15) is 6.61 Å². The fourth-order valence-electron chi connectivity index (χ4n) is 0.961. The number of ether oxygens (including phenoxy) is 1. The number of carbonyl (C=O) groups is 2. The van der Waals surface area contributed by atoms with E-state index in [2.05, 4.69) is 16.8 Å². The van der Waals surface area contributed by atoms with Gasteiger partial charge >= 0.3 is 11.9 Å². The van der Waals surface area contributed by atoms with E-state index in [1.807, 2.05) is 0 Å². The Morgan fingerprint density at radius 1 is 1.18 bits per heavy atom. The first-order valence-corrected chi connectivity index (χ1v) is 5.48. The molecule has 0 saturated carbocycles. The lowest BCUT2D eigenvalue weighted by Crippen LogP contribution is -2.04. The van der Waals surface area contributed by atoms with Crippen LogP contribution in [0.2, 0.25) is 0 Å². The zero-order valence-electron chi connectivity index (χ0n) is 9.80. The number of nitrogens with zero attached hydrogens (tertiary/aromatic N) is 2. The molecule has 0 aromatic rings. The molecule has 17 heavy (non-hydrogen) atoms. The Kier molecular flexibility index (Phi) is 9.70. The fraction of sp³-hybridized carbons (Fsp3) is 0.636. The predicted molar refractivity (Wildman–Crippen MR) is 61.8 cm³/mol. The van der Waals surface area contributed by atoms with E-state index in [1.54, 1.807) is 0 Å². The highest BCUT2D eigenvalue weighted by atomic mass is 16.5. The summed E-state index contributed by atoms with van der Waals surface area (Å²) in [6.45, 7) is 4.53. The summed E-state index contributed by atoms with van der Waals surface area (Å²) in [6.07, 6.45) is 2.99. The smallest absolute Gasteiger partial charge is 0.306 e. The van der Waals surface area contributed by atoms with Crippen LogP contribution in [0.4, 0.5) is 0 Å². The first kappa shape index (κ1) is 15.3. The van der Waals surface area contributed by atoms with Gasteiger partial charge in [-0.25, -0.2) is 0 Å². The van der Waals surface area contributed by atoms with E-state index in [-0.39, 0.29) is 19.0 Å². The van der Waals surface area contributed by atoms with E-state index >= 15 is 0 Å². The minimum atomic E-state index is -0.829. The molecule has 0 aromatic carbocycles. The molecule has 96 valence electrons. The van der Waals surface area contributed by atoms with Crippen molar-refractivity contribution in [1.29, 1.82) is 0 Å². The first-order chi connectivity index (χ1) is 8.16. The molecular weight excluding hydrogens is 224 g/mol. The normalized spacial score (nSPS) is 10.4. The summed E-state index contributed by atoms with van der Waals surface area (Å²) in [5.41, 5.74) is 0. The summed E-state index contributed by atoms with van der Waals surface area (Å²) >= 11 is 0. The average molecular weight is 242 g/mol. The quantitative estimate of drug-likeness (QED) is 0.274. The molecule has 0 atom stereocenters. The van der Waals surface area contributed by atoms with Crippen LogP contribution in [-0.2, 0) is 14.3 Å². The van der Waals surface area contributed by atoms with Crippen molar-refractivity contribution in [3.63, 3.8) is 0 Å². The maximum atomic E-state index is 11.0. The van der Waals surface area contributed by atoms with E-state index < -0.39 is 5.97 Å². The summed E-state index contributed by atoms with van der Waals surface area (Å²) in [7, 11) is 0. The molecule has 0 bridgehead atoms. The molecule has 0 rings (SSSR count). The van der Waals surface area contributed by atoms with E-state index in [9.17, 15) is 9.59 Å². The van der Waals surface area contributed by atoms with E-state index in [1.165, 1.54) is 6.08 Å². The van der Waals surface area contributed by atoms with Crippen LogP contribution in [0.1, 0.15) is 25.7 Å². The number of hydrogen-bond donors (Lipinski definition) is 1. The molecule has 0 aliphatic rings. The SMILES string of the molecule is C=CCOC(=O)CCCN=NCCCC(=O)O. The summed E-state index contributed by atoms with van der Waals surface area (Å²) in [6, 6.07) is 0. The van der Waals surface area contributed by atoms with E-state index in [4.69, 9.17) is 9.84 Å². The van der Waals surface area contributed by atoms with Gasteiger partial charge in [-0.15, -0.1) is 0 Å². The Hall–Kier alpha value is -1.72. The molecule has 0 aliphatic carbocycles. The molecule has 0 unspecified atom stereocenters. The molecule has 0 aromatic heterocycles. The second-order valence-corrected chi connectivity index (χ2v) is 3.30. The van der Waals surface area contributed by atoms with Crippen molar-refractivity contribution < 1.29 is 19.4 Å². The lowest BCUT2D eigenvalue weighted by Gasteiger charge is -1.99. The number of hydrogen-bond acceptors (Lipinski definition) is 5. The summed E-state index contributed by atoms with van der Waals surface area (Å²) in [5, 5.41) is 16.0. The molecule has 0 amide bonds. The number of carboxylic acids is 1. The largest absolute Gasteiger partial charge is 0.481 e. The van der Waals surface area contributed by atoms with Crippen LogP contribution in [-0.4, -0.2) is 36.7 Å². The van der Waals surface area contributed by atoms with Gasteiger partial charge in [0.2, 0.25) is 0 Å². The minimum absolute atomic E-state index is 0.104. The van der Waals surface area contributed by atoms with Gasteiger partial charge in [0, 0.05) is 12.8 Å². The van der Waals surface area contributed by atoms with Crippen LogP contribution in [0.15, 0.2) is 22.9 Å². The zero-order valence-corrected chi connectivity index (χ0v) is 9.80. The second kappa shape index (κ2) is 10.8. The molecule has 6 heteroatoms. The highest BCUT2D eigenvalue weighted by Crippen LogP contribution is 1.95. The molecule has 1 N–H and O–H groups in total. The van der Waals surface area contributed by atoms with Crippen LogP contribution in [0.5, 0.6) is 0 Å². The summed E-state index contributed by atoms with van der Waals surface area (Å²) < 4.78 is 4.77. The summed E-state index contributed by atoms with van der Waals surface area (Å²) in [4.78, 5) is 21.2. The van der Waals surface area contributed by atoms with Crippen molar-refractivity contribution in [3.8, 4) is 0 Å². The second-order valence-electron chi connectivity index (χ2n) is 3.30. The molecule has 0 fully saturated rings. The van der Waals surface area contributed by atoms with Crippen LogP contribution in [0, 0.1) is 0 Å². The van der Waals surface area contributed by atoms with Gasteiger partial charge in [0.05, 0.1) is 13.1 Å².